The summed E-state index contributed by atoms with van der Waals surface area (Å²) in [6, 6.07) is 12.2. The van der Waals surface area contributed by atoms with E-state index in [1.165, 1.54) is 29.8 Å². The lowest BCUT2D eigenvalue weighted by molar-refractivity contribution is -0.123. The standard InChI is InChI=1S/C18H22N2O2/c1-13-10-15(14(2)20(13)16-8-9-16)11-19-18(21)12-22-17-6-4-3-5-7-17/h3-7,10,16H,8-9,11-12H2,1-2H3,(H,19,21). The van der Waals surface area contributed by atoms with Crippen molar-refractivity contribution in [2.45, 2.75) is 39.3 Å². The number of hydrogen-bond donors (Lipinski definition) is 1. The van der Waals surface area contributed by atoms with Crippen LogP contribution in [0.1, 0.15) is 35.8 Å². The smallest absolute Gasteiger partial charge is 0.258 e. The number of carbonyl (C=O) groups is 1. The van der Waals surface area contributed by atoms with Crippen LogP contribution in [0.5, 0.6) is 5.75 Å². The maximum Gasteiger partial charge on any atom is 0.258 e. The molecular formula is C18H22N2O2. The first-order valence-electron chi connectivity index (χ1n) is 7.77. The third-order valence-corrected chi connectivity index (χ3v) is 4.09. The van der Waals surface area contributed by atoms with Gasteiger partial charge in [-0.1, -0.05) is 18.2 Å². The second kappa shape index (κ2) is 6.26. The second-order valence-electron chi connectivity index (χ2n) is 5.88. The molecule has 0 bridgehead atoms. The number of aryl methyl sites for hydroxylation is 1. The SMILES string of the molecule is Cc1cc(CNC(=O)COc2ccccc2)c(C)n1C1CC1. The Kier molecular flexibility index (Phi) is 4.18. The predicted octanol–water partition coefficient (Wildman–Crippen LogP) is 3.14. The number of amides is 1. The van der Waals surface area contributed by atoms with Crippen LogP contribution in [0.2, 0.25) is 0 Å². The lowest BCUT2D eigenvalue weighted by Gasteiger charge is -2.09. The van der Waals surface area contributed by atoms with Gasteiger partial charge in [0, 0.05) is 24.0 Å². The molecule has 22 heavy (non-hydrogen) atoms. The zero-order valence-electron chi connectivity index (χ0n) is 13.1. The predicted molar refractivity (Wildman–Crippen MR) is 86.0 cm³/mol. The fourth-order valence-electron chi connectivity index (χ4n) is 2.83. The number of hydrogen-bond acceptors (Lipinski definition) is 2. The molecule has 0 unspecified atom stereocenters. The minimum absolute atomic E-state index is 0.0470. The summed E-state index contributed by atoms with van der Waals surface area (Å²) in [5, 5.41) is 2.93. The molecule has 0 atom stereocenters. The second-order valence-corrected chi connectivity index (χ2v) is 5.88. The van der Waals surface area contributed by atoms with E-state index in [2.05, 4.69) is 29.8 Å². The van der Waals surface area contributed by atoms with Crippen LogP contribution in [-0.2, 0) is 11.3 Å². The summed E-state index contributed by atoms with van der Waals surface area (Å²) in [5.41, 5.74) is 3.74. The average molecular weight is 298 g/mol. The molecule has 1 amide bonds. The lowest BCUT2D eigenvalue weighted by Crippen LogP contribution is -2.28. The number of para-hydroxylation sites is 1. The van der Waals surface area contributed by atoms with Gasteiger partial charge in [0.15, 0.2) is 6.61 Å². The third kappa shape index (κ3) is 3.32. The summed E-state index contributed by atoms with van der Waals surface area (Å²) >= 11 is 0. The molecule has 1 aromatic heterocycles. The maximum absolute atomic E-state index is 11.9. The van der Waals surface area contributed by atoms with Crippen molar-refractivity contribution in [3.63, 3.8) is 0 Å². The molecular weight excluding hydrogens is 276 g/mol. The molecule has 1 N–H and O–H groups in total. The number of carbonyl (C=O) groups excluding carboxylic acids is 1. The number of benzene rings is 1. The van der Waals surface area contributed by atoms with Gasteiger partial charge in [0.05, 0.1) is 0 Å². The van der Waals surface area contributed by atoms with Crippen molar-refractivity contribution >= 4 is 5.91 Å². The highest BCUT2D eigenvalue weighted by atomic mass is 16.5. The summed E-state index contributed by atoms with van der Waals surface area (Å²) in [6.45, 7) is 4.87. The van der Waals surface area contributed by atoms with E-state index in [1.807, 2.05) is 30.3 Å². The molecule has 1 aromatic carbocycles. The normalized spacial score (nSPS) is 13.9. The van der Waals surface area contributed by atoms with Gasteiger partial charge in [-0.05, 0) is 50.5 Å². The van der Waals surface area contributed by atoms with Gasteiger partial charge < -0.3 is 14.6 Å². The minimum Gasteiger partial charge on any atom is -0.484 e. The molecule has 0 spiro atoms. The molecule has 1 fully saturated rings. The zero-order chi connectivity index (χ0) is 15.5. The molecule has 1 aliphatic rings. The van der Waals surface area contributed by atoms with Gasteiger partial charge in [0.25, 0.3) is 5.91 Å². The van der Waals surface area contributed by atoms with Crippen LogP contribution in [0.15, 0.2) is 36.4 Å². The van der Waals surface area contributed by atoms with Gasteiger partial charge in [-0.15, -0.1) is 0 Å². The highest BCUT2D eigenvalue weighted by Gasteiger charge is 2.26. The van der Waals surface area contributed by atoms with Gasteiger partial charge in [-0.25, -0.2) is 0 Å². The Balaban J connectivity index is 1.52. The van der Waals surface area contributed by atoms with E-state index in [-0.39, 0.29) is 12.5 Å². The number of ether oxygens (including phenoxy) is 1. The monoisotopic (exact) mass is 298 g/mol. The van der Waals surface area contributed by atoms with E-state index in [1.54, 1.807) is 0 Å². The average Bonchev–Trinajstić information content (AvgIpc) is 3.31. The maximum atomic E-state index is 11.9. The van der Waals surface area contributed by atoms with E-state index >= 15 is 0 Å². The van der Waals surface area contributed by atoms with E-state index < -0.39 is 0 Å². The molecule has 4 heteroatoms. The molecule has 0 aliphatic heterocycles. The Morgan fingerprint density at radius 3 is 2.68 bits per heavy atom. The summed E-state index contributed by atoms with van der Waals surface area (Å²) < 4.78 is 7.84. The third-order valence-electron chi connectivity index (χ3n) is 4.09. The quantitative estimate of drug-likeness (QED) is 0.890. The molecule has 1 aliphatic carbocycles. The van der Waals surface area contributed by atoms with Crippen molar-refractivity contribution in [3.8, 4) is 5.75 Å². The number of nitrogens with one attached hydrogen (secondary N) is 1. The molecule has 4 nitrogen and oxygen atoms in total. The summed E-state index contributed by atoms with van der Waals surface area (Å²) in [7, 11) is 0. The van der Waals surface area contributed by atoms with Crippen LogP contribution in [0, 0.1) is 13.8 Å². The number of rotatable bonds is 6. The molecule has 0 saturated heterocycles. The van der Waals surface area contributed by atoms with Gasteiger partial charge in [0.1, 0.15) is 5.75 Å². The molecule has 0 radical (unpaired) electrons. The largest absolute Gasteiger partial charge is 0.484 e. The molecule has 1 saturated carbocycles. The van der Waals surface area contributed by atoms with Gasteiger partial charge in [-0.3, -0.25) is 4.79 Å². The Morgan fingerprint density at radius 1 is 1.27 bits per heavy atom. The molecule has 3 rings (SSSR count). The summed E-state index contributed by atoms with van der Waals surface area (Å²) in [4.78, 5) is 11.9. The first kappa shape index (κ1) is 14.7. The van der Waals surface area contributed by atoms with Crippen LogP contribution in [0.25, 0.3) is 0 Å². The Labute approximate surface area is 131 Å². The zero-order valence-corrected chi connectivity index (χ0v) is 13.1. The van der Waals surface area contributed by atoms with Crippen molar-refractivity contribution in [1.29, 1.82) is 0 Å². The van der Waals surface area contributed by atoms with Crippen molar-refractivity contribution in [3.05, 3.63) is 53.3 Å². The van der Waals surface area contributed by atoms with Gasteiger partial charge in [-0.2, -0.15) is 0 Å². The van der Waals surface area contributed by atoms with Crippen molar-refractivity contribution in [2.75, 3.05) is 6.61 Å². The Bertz CT molecular complexity index is 657. The van der Waals surface area contributed by atoms with E-state index in [0.29, 0.717) is 18.3 Å². The van der Waals surface area contributed by atoms with Crippen molar-refractivity contribution in [2.24, 2.45) is 0 Å². The Morgan fingerprint density at radius 2 is 2.00 bits per heavy atom. The van der Waals surface area contributed by atoms with Crippen LogP contribution < -0.4 is 10.1 Å². The number of aromatic nitrogens is 1. The lowest BCUT2D eigenvalue weighted by atomic mass is 10.2. The van der Waals surface area contributed by atoms with Crippen LogP contribution in [0.3, 0.4) is 0 Å². The Hall–Kier alpha value is -2.23. The van der Waals surface area contributed by atoms with Crippen molar-refractivity contribution in [1.82, 2.24) is 9.88 Å². The summed E-state index contributed by atoms with van der Waals surface area (Å²) in [5.74, 6) is 0.615. The van der Waals surface area contributed by atoms with Crippen LogP contribution in [-0.4, -0.2) is 17.1 Å². The first-order chi connectivity index (χ1) is 10.6. The van der Waals surface area contributed by atoms with E-state index in [0.717, 1.165) is 0 Å². The first-order valence-corrected chi connectivity index (χ1v) is 7.77. The highest BCUT2D eigenvalue weighted by Crippen LogP contribution is 2.38. The van der Waals surface area contributed by atoms with E-state index in [9.17, 15) is 4.79 Å². The fourth-order valence-corrected chi connectivity index (χ4v) is 2.83. The highest BCUT2D eigenvalue weighted by molar-refractivity contribution is 5.77. The van der Waals surface area contributed by atoms with Crippen molar-refractivity contribution < 1.29 is 9.53 Å². The minimum atomic E-state index is -0.0971. The molecule has 116 valence electrons. The number of nitrogens with zero attached hydrogens (tertiary/aromatic N) is 1. The molecule has 2 aromatic rings. The topological polar surface area (TPSA) is 43.3 Å². The van der Waals surface area contributed by atoms with Gasteiger partial charge in [0.2, 0.25) is 0 Å². The fraction of sp³-hybridized carbons (Fsp3) is 0.389. The molecule has 1 heterocycles. The van der Waals surface area contributed by atoms with Gasteiger partial charge >= 0.3 is 0 Å². The van der Waals surface area contributed by atoms with Crippen LogP contribution in [0.4, 0.5) is 0 Å². The summed E-state index contributed by atoms with van der Waals surface area (Å²) in [6.07, 6.45) is 2.54. The van der Waals surface area contributed by atoms with E-state index in [4.69, 9.17) is 4.74 Å². The van der Waals surface area contributed by atoms with Crippen LogP contribution >= 0.6 is 0 Å².